The van der Waals surface area contributed by atoms with E-state index in [4.69, 9.17) is 0 Å². The van der Waals surface area contributed by atoms with Crippen LogP contribution in [0.5, 0.6) is 0 Å². The molecular weight excluding hydrogens is 220 g/mol. The number of nitrogens with one attached hydrogen (secondary N) is 1. The molecule has 0 aliphatic carbocycles. The predicted octanol–water partition coefficient (Wildman–Crippen LogP) is 1.57. The zero-order valence-corrected chi connectivity index (χ0v) is 10.1. The van der Waals surface area contributed by atoms with Crippen LogP contribution in [-0.2, 0) is 0 Å². The van der Waals surface area contributed by atoms with Gasteiger partial charge in [-0.3, -0.25) is 4.79 Å². The highest BCUT2D eigenvalue weighted by Crippen LogP contribution is 2.37. The second-order valence-corrected chi connectivity index (χ2v) is 5.87. The third kappa shape index (κ3) is 1.66. The Morgan fingerprint density at radius 3 is 3.00 bits per heavy atom. The highest BCUT2D eigenvalue weighted by atomic mass is 32.1. The first kappa shape index (κ1) is 10.3. The topological polar surface area (TPSA) is 32.3 Å². The largest absolute Gasteiger partial charge is 0.337 e. The van der Waals surface area contributed by atoms with Gasteiger partial charge in [0.15, 0.2) is 0 Å². The van der Waals surface area contributed by atoms with E-state index in [0.29, 0.717) is 5.41 Å². The van der Waals surface area contributed by atoms with Crippen molar-refractivity contribution >= 4 is 17.2 Å². The van der Waals surface area contributed by atoms with Crippen molar-refractivity contribution < 1.29 is 4.79 Å². The molecule has 2 fully saturated rings. The van der Waals surface area contributed by atoms with Gasteiger partial charge in [-0.1, -0.05) is 6.07 Å². The fraction of sp³-hybridized carbons (Fsp3) is 0.583. The van der Waals surface area contributed by atoms with Crippen LogP contribution in [0.15, 0.2) is 17.5 Å². The van der Waals surface area contributed by atoms with Gasteiger partial charge in [0.25, 0.3) is 5.91 Å². The van der Waals surface area contributed by atoms with E-state index in [1.165, 1.54) is 24.2 Å². The van der Waals surface area contributed by atoms with Crippen molar-refractivity contribution in [3.05, 3.63) is 22.4 Å². The maximum absolute atomic E-state index is 12.0. The summed E-state index contributed by atoms with van der Waals surface area (Å²) < 4.78 is 0. The van der Waals surface area contributed by atoms with Gasteiger partial charge in [-0.2, -0.15) is 0 Å². The van der Waals surface area contributed by atoms with E-state index in [1.807, 2.05) is 22.4 Å². The average molecular weight is 236 g/mol. The van der Waals surface area contributed by atoms with E-state index in [0.717, 1.165) is 31.1 Å². The highest BCUT2D eigenvalue weighted by Gasteiger charge is 2.45. The summed E-state index contributed by atoms with van der Waals surface area (Å²) in [4.78, 5) is 14.9. The van der Waals surface area contributed by atoms with E-state index >= 15 is 0 Å². The number of piperidine rings is 1. The summed E-state index contributed by atoms with van der Waals surface area (Å²) in [6, 6.07) is 3.85. The number of carbonyl (C=O) groups is 1. The summed E-state index contributed by atoms with van der Waals surface area (Å²) in [5.74, 6) is 0.214. The van der Waals surface area contributed by atoms with Crippen LogP contribution >= 0.6 is 11.3 Å². The lowest BCUT2D eigenvalue weighted by atomic mass is 9.74. The monoisotopic (exact) mass is 236 g/mol. The van der Waals surface area contributed by atoms with Crippen molar-refractivity contribution in [2.75, 3.05) is 26.2 Å². The van der Waals surface area contributed by atoms with E-state index < -0.39 is 0 Å². The standard InChI is InChI=1S/C12H16N2OS/c15-11(10-3-1-6-16-10)14-8-12(9-14)4-2-5-13-7-12/h1,3,6,13H,2,4-5,7-9H2. The fourth-order valence-corrected chi connectivity index (χ4v) is 3.45. The summed E-state index contributed by atoms with van der Waals surface area (Å²) in [5.41, 5.74) is 0.394. The normalized spacial score (nSPS) is 23.1. The van der Waals surface area contributed by atoms with Gasteiger partial charge in [-0.05, 0) is 30.8 Å². The summed E-state index contributed by atoms with van der Waals surface area (Å²) in [7, 11) is 0. The van der Waals surface area contributed by atoms with Crippen LogP contribution in [0.4, 0.5) is 0 Å². The van der Waals surface area contributed by atoms with Gasteiger partial charge in [0.05, 0.1) is 4.88 Å². The molecule has 1 aromatic rings. The highest BCUT2D eigenvalue weighted by molar-refractivity contribution is 7.12. The van der Waals surface area contributed by atoms with Crippen LogP contribution in [0.3, 0.4) is 0 Å². The maximum Gasteiger partial charge on any atom is 0.263 e. The van der Waals surface area contributed by atoms with Crippen molar-refractivity contribution in [1.82, 2.24) is 10.2 Å². The van der Waals surface area contributed by atoms with Crippen LogP contribution in [0, 0.1) is 5.41 Å². The predicted molar refractivity (Wildman–Crippen MR) is 64.8 cm³/mol. The van der Waals surface area contributed by atoms with E-state index in [9.17, 15) is 4.79 Å². The van der Waals surface area contributed by atoms with Gasteiger partial charge in [0.1, 0.15) is 0 Å². The third-order valence-corrected chi connectivity index (χ3v) is 4.49. The maximum atomic E-state index is 12.0. The first-order chi connectivity index (χ1) is 7.79. The molecule has 3 nitrogen and oxygen atoms in total. The molecule has 0 aromatic carbocycles. The molecule has 1 amide bonds. The molecule has 86 valence electrons. The number of likely N-dealkylation sites (tertiary alicyclic amines) is 1. The van der Waals surface area contributed by atoms with Gasteiger partial charge < -0.3 is 10.2 Å². The Kier molecular flexibility index (Phi) is 2.48. The van der Waals surface area contributed by atoms with E-state index in [2.05, 4.69) is 5.32 Å². The van der Waals surface area contributed by atoms with Gasteiger partial charge >= 0.3 is 0 Å². The molecule has 1 spiro atoms. The molecule has 1 N–H and O–H groups in total. The molecule has 16 heavy (non-hydrogen) atoms. The number of hydrogen-bond acceptors (Lipinski definition) is 3. The van der Waals surface area contributed by atoms with E-state index in [-0.39, 0.29) is 5.91 Å². The van der Waals surface area contributed by atoms with Crippen LogP contribution in [0.1, 0.15) is 22.5 Å². The third-order valence-electron chi connectivity index (χ3n) is 3.63. The number of amides is 1. The van der Waals surface area contributed by atoms with Crippen LogP contribution < -0.4 is 5.32 Å². The van der Waals surface area contributed by atoms with Crippen molar-refractivity contribution in [3.8, 4) is 0 Å². The first-order valence-corrected chi connectivity index (χ1v) is 6.71. The van der Waals surface area contributed by atoms with Crippen LogP contribution in [0.25, 0.3) is 0 Å². The zero-order chi connectivity index (χ0) is 11.0. The number of thiophene rings is 1. The number of hydrogen-bond donors (Lipinski definition) is 1. The lowest BCUT2D eigenvalue weighted by Gasteiger charge is -2.52. The zero-order valence-electron chi connectivity index (χ0n) is 9.24. The summed E-state index contributed by atoms with van der Waals surface area (Å²) in [6.45, 7) is 4.11. The number of carbonyl (C=O) groups excluding carboxylic acids is 1. The van der Waals surface area contributed by atoms with Gasteiger partial charge in [0.2, 0.25) is 0 Å². The lowest BCUT2D eigenvalue weighted by molar-refractivity contribution is -0.00688. The second-order valence-electron chi connectivity index (χ2n) is 4.92. The SMILES string of the molecule is O=C(c1cccs1)N1CC2(CCCNC2)C1. The quantitative estimate of drug-likeness (QED) is 0.803. The minimum Gasteiger partial charge on any atom is -0.337 e. The Balaban J connectivity index is 1.62. The molecule has 2 aliphatic heterocycles. The summed E-state index contributed by atoms with van der Waals surface area (Å²) >= 11 is 1.54. The van der Waals surface area contributed by atoms with Gasteiger partial charge in [-0.15, -0.1) is 11.3 Å². The molecule has 0 unspecified atom stereocenters. The Morgan fingerprint density at radius 2 is 2.38 bits per heavy atom. The average Bonchev–Trinajstić information content (AvgIpc) is 2.79. The van der Waals surface area contributed by atoms with E-state index in [1.54, 1.807) is 0 Å². The first-order valence-electron chi connectivity index (χ1n) is 5.83. The second kappa shape index (κ2) is 3.86. The Bertz CT molecular complexity index is 374. The Morgan fingerprint density at radius 1 is 1.50 bits per heavy atom. The van der Waals surface area contributed by atoms with Crippen molar-refractivity contribution in [2.45, 2.75) is 12.8 Å². The van der Waals surface area contributed by atoms with Crippen LogP contribution in [0.2, 0.25) is 0 Å². The molecule has 1 aromatic heterocycles. The van der Waals surface area contributed by atoms with Gasteiger partial charge in [0, 0.05) is 25.0 Å². The smallest absolute Gasteiger partial charge is 0.263 e. The molecule has 0 bridgehead atoms. The van der Waals surface area contributed by atoms with Gasteiger partial charge in [-0.25, -0.2) is 0 Å². The Hall–Kier alpha value is -0.870. The Labute approximate surface area is 99.5 Å². The lowest BCUT2D eigenvalue weighted by Crippen LogP contribution is -2.63. The molecule has 0 atom stereocenters. The number of rotatable bonds is 1. The van der Waals surface area contributed by atoms with Crippen LogP contribution in [-0.4, -0.2) is 37.0 Å². The van der Waals surface area contributed by atoms with Crippen molar-refractivity contribution in [2.24, 2.45) is 5.41 Å². The van der Waals surface area contributed by atoms with Crippen molar-refractivity contribution in [3.63, 3.8) is 0 Å². The fourth-order valence-electron chi connectivity index (χ4n) is 2.76. The molecule has 0 radical (unpaired) electrons. The molecule has 4 heteroatoms. The number of nitrogens with zero attached hydrogens (tertiary/aromatic N) is 1. The molecular formula is C12H16N2OS. The molecule has 2 saturated heterocycles. The minimum absolute atomic E-state index is 0.214. The summed E-state index contributed by atoms with van der Waals surface area (Å²) in [5, 5.41) is 5.40. The molecule has 0 saturated carbocycles. The molecule has 2 aliphatic rings. The molecule has 3 heterocycles. The minimum atomic E-state index is 0.214. The van der Waals surface area contributed by atoms with Crippen molar-refractivity contribution in [1.29, 1.82) is 0 Å². The molecule has 3 rings (SSSR count). The summed E-state index contributed by atoms with van der Waals surface area (Å²) in [6.07, 6.45) is 2.52.